The van der Waals surface area contributed by atoms with Crippen molar-refractivity contribution in [3.8, 4) is 0 Å². The number of pyridine rings is 1. The lowest BCUT2D eigenvalue weighted by atomic mass is 10.0. The number of hydrogen-bond acceptors (Lipinski definition) is 4. The van der Waals surface area contributed by atoms with Crippen LogP contribution in [0.3, 0.4) is 0 Å². The highest BCUT2D eigenvalue weighted by molar-refractivity contribution is 5.93. The summed E-state index contributed by atoms with van der Waals surface area (Å²) in [6.45, 7) is 0.655. The van der Waals surface area contributed by atoms with Crippen LogP contribution in [0.2, 0.25) is 0 Å². The summed E-state index contributed by atoms with van der Waals surface area (Å²) in [6, 6.07) is 0. The van der Waals surface area contributed by atoms with Gasteiger partial charge in [-0.2, -0.15) is 0 Å². The van der Waals surface area contributed by atoms with Gasteiger partial charge in [0.15, 0.2) is 5.82 Å². The first-order valence-electron chi connectivity index (χ1n) is 6.51. The molecule has 0 spiro atoms. The SMILES string of the molecule is COCCc1nc2c(N)nc3c(c2n1C)C=CCC3. The minimum absolute atomic E-state index is 0.531. The highest BCUT2D eigenvalue weighted by atomic mass is 16.5. The number of nitrogens with zero attached hydrogens (tertiary/aromatic N) is 3. The van der Waals surface area contributed by atoms with Crippen molar-refractivity contribution in [1.29, 1.82) is 0 Å². The smallest absolute Gasteiger partial charge is 0.151 e. The second-order valence-electron chi connectivity index (χ2n) is 4.83. The zero-order valence-corrected chi connectivity index (χ0v) is 11.3. The Bertz CT molecular complexity index is 657. The van der Waals surface area contributed by atoms with Crippen LogP contribution >= 0.6 is 0 Å². The van der Waals surface area contributed by atoms with E-state index in [9.17, 15) is 0 Å². The predicted octanol–water partition coefficient (Wildman–Crippen LogP) is 1.70. The summed E-state index contributed by atoms with van der Waals surface area (Å²) in [5.41, 5.74) is 10.2. The maximum Gasteiger partial charge on any atom is 0.151 e. The number of anilines is 1. The lowest BCUT2D eigenvalue weighted by molar-refractivity contribution is 0.200. The normalized spacial score (nSPS) is 14.0. The molecule has 19 heavy (non-hydrogen) atoms. The fraction of sp³-hybridized carbons (Fsp3) is 0.429. The lowest BCUT2D eigenvalue weighted by Gasteiger charge is -2.12. The molecule has 5 heteroatoms. The van der Waals surface area contributed by atoms with E-state index in [2.05, 4.69) is 26.7 Å². The van der Waals surface area contributed by atoms with Crippen molar-refractivity contribution in [2.24, 2.45) is 7.05 Å². The van der Waals surface area contributed by atoms with Crippen LogP contribution in [0, 0.1) is 0 Å². The molecule has 2 aromatic rings. The van der Waals surface area contributed by atoms with E-state index in [1.165, 1.54) is 0 Å². The van der Waals surface area contributed by atoms with Crippen LogP contribution in [0.15, 0.2) is 6.08 Å². The van der Waals surface area contributed by atoms with Gasteiger partial charge in [-0.1, -0.05) is 12.2 Å². The number of methoxy groups -OCH3 is 1. The molecule has 2 heterocycles. The number of ether oxygens (including phenoxy) is 1. The second kappa shape index (κ2) is 4.66. The van der Waals surface area contributed by atoms with Crippen molar-refractivity contribution in [2.75, 3.05) is 19.5 Å². The Labute approximate surface area is 112 Å². The molecule has 2 N–H and O–H groups in total. The number of imidazole rings is 1. The van der Waals surface area contributed by atoms with E-state index in [1.807, 2.05) is 7.05 Å². The largest absolute Gasteiger partial charge is 0.384 e. The van der Waals surface area contributed by atoms with Gasteiger partial charge >= 0.3 is 0 Å². The van der Waals surface area contributed by atoms with Gasteiger partial charge in [-0.15, -0.1) is 0 Å². The maximum atomic E-state index is 6.05. The molecule has 0 fully saturated rings. The van der Waals surface area contributed by atoms with E-state index in [1.54, 1.807) is 7.11 Å². The molecule has 0 bridgehead atoms. The number of allylic oxidation sites excluding steroid dienone is 1. The van der Waals surface area contributed by atoms with Crippen LogP contribution in [0.4, 0.5) is 5.82 Å². The molecule has 0 unspecified atom stereocenters. The summed E-state index contributed by atoms with van der Waals surface area (Å²) in [6.07, 6.45) is 7.07. The zero-order chi connectivity index (χ0) is 13.4. The van der Waals surface area contributed by atoms with Crippen LogP contribution in [-0.2, 0) is 24.6 Å². The number of aromatic nitrogens is 3. The Hall–Kier alpha value is -1.88. The van der Waals surface area contributed by atoms with Gasteiger partial charge in [-0.3, -0.25) is 0 Å². The molecule has 0 aliphatic heterocycles. The molecule has 0 atom stereocenters. The summed E-state index contributed by atoms with van der Waals surface area (Å²) in [5.74, 6) is 1.51. The molecule has 1 aliphatic carbocycles. The van der Waals surface area contributed by atoms with Crippen molar-refractivity contribution in [3.05, 3.63) is 23.2 Å². The molecule has 0 amide bonds. The van der Waals surface area contributed by atoms with Crippen molar-refractivity contribution in [3.63, 3.8) is 0 Å². The topological polar surface area (TPSA) is 66.0 Å². The van der Waals surface area contributed by atoms with Gasteiger partial charge in [-0.25, -0.2) is 9.97 Å². The third-order valence-corrected chi connectivity index (χ3v) is 3.61. The van der Waals surface area contributed by atoms with Crippen LogP contribution < -0.4 is 5.73 Å². The summed E-state index contributed by atoms with van der Waals surface area (Å²) in [4.78, 5) is 9.12. The van der Waals surface area contributed by atoms with E-state index >= 15 is 0 Å². The van der Waals surface area contributed by atoms with Crippen LogP contribution in [0.5, 0.6) is 0 Å². The third-order valence-electron chi connectivity index (χ3n) is 3.61. The molecule has 0 saturated carbocycles. The number of rotatable bonds is 3. The Morgan fingerprint density at radius 3 is 3.05 bits per heavy atom. The molecule has 1 aliphatic rings. The number of hydrogen-bond donors (Lipinski definition) is 1. The maximum absolute atomic E-state index is 6.05. The van der Waals surface area contributed by atoms with Gasteiger partial charge in [0.2, 0.25) is 0 Å². The molecule has 5 nitrogen and oxygen atoms in total. The van der Waals surface area contributed by atoms with Crippen molar-refractivity contribution in [1.82, 2.24) is 14.5 Å². The quantitative estimate of drug-likeness (QED) is 0.910. The molecule has 100 valence electrons. The van der Waals surface area contributed by atoms with Crippen molar-refractivity contribution in [2.45, 2.75) is 19.3 Å². The molecule has 2 aromatic heterocycles. The molecular formula is C14H18N4O. The molecule has 3 rings (SSSR count). The van der Waals surface area contributed by atoms with Crippen LogP contribution in [-0.4, -0.2) is 28.3 Å². The summed E-state index contributed by atoms with van der Waals surface area (Å²) >= 11 is 0. The van der Waals surface area contributed by atoms with Crippen LogP contribution in [0.25, 0.3) is 17.1 Å². The van der Waals surface area contributed by atoms with E-state index in [4.69, 9.17) is 10.5 Å². The number of aryl methyl sites for hydroxylation is 2. The average molecular weight is 258 g/mol. The molecule has 0 saturated heterocycles. The molecule has 0 aromatic carbocycles. The highest BCUT2D eigenvalue weighted by Gasteiger charge is 2.18. The Morgan fingerprint density at radius 1 is 1.42 bits per heavy atom. The fourth-order valence-corrected chi connectivity index (χ4v) is 2.63. The first-order chi connectivity index (χ1) is 9.22. The monoisotopic (exact) mass is 258 g/mol. The van der Waals surface area contributed by atoms with Gasteiger partial charge in [0, 0.05) is 26.1 Å². The highest BCUT2D eigenvalue weighted by Crippen LogP contribution is 2.30. The van der Waals surface area contributed by atoms with Gasteiger partial charge < -0.3 is 15.0 Å². The Morgan fingerprint density at radius 2 is 2.26 bits per heavy atom. The van der Waals surface area contributed by atoms with Crippen molar-refractivity contribution >= 4 is 22.9 Å². The van der Waals surface area contributed by atoms with Crippen LogP contribution in [0.1, 0.15) is 23.5 Å². The number of nitrogen functional groups attached to an aromatic ring is 1. The minimum Gasteiger partial charge on any atom is -0.384 e. The number of fused-ring (bicyclic) bond motifs is 3. The predicted molar refractivity (Wildman–Crippen MR) is 75.9 cm³/mol. The third kappa shape index (κ3) is 1.90. The summed E-state index contributed by atoms with van der Waals surface area (Å²) < 4.78 is 7.24. The van der Waals surface area contributed by atoms with Gasteiger partial charge in [0.1, 0.15) is 11.3 Å². The van der Waals surface area contributed by atoms with E-state index in [0.717, 1.165) is 47.4 Å². The minimum atomic E-state index is 0.531. The van der Waals surface area contributed by atoms with Gasteiger partial charge in [-0.05, 0) is 12.8 Å². The lowest BCUT2D eigenvalue weighted by Crippen LogP contribution is -2.06. The standard InChI is InChI=1S/C14H18N4O/c1-18-11(7-8-19-2)17-12-13(18)9-5-3-4-6-10(9)16-14(12)15/h3,5H,4,6-8H2,1-2H3,(H2,15,16). The van der Waals surface area contributed by atoms with E-state index in [-0.39, 0.29) is 0 Å². The van der Waals surface area contributed by atoms with Gasteiger partial charge in [0.05, 0.1) is 17.8 Å². The zero-order valence-electron chi connectivity index (χ0n) is 11.3. The van der Waals surface area contributed by atoms with E-state index < -0.39 is 0 Å². The second-order valence-corrected chi connectivity index (χ2v) is 4.83. The molecule has 0 radical (unpaired) electrons. The van der Waals surface area contributed by atoms with Crippen molar-refractivity contribution < 1.29 is 4.74 Å². The fourth-order valence-electron chi connectivity index (χ4n) is 2.63. The number of nitrogens with two attached hydrogens (primary N) is 1. The molecular weight excluding hydrogens is 240 g/mol. The first-order valence-corrected chi connectivity index (χ1v) is 6.51. The average Bonchev–Trinajstić information content (AvgIpc) is 2.75. The Balaban J connectivity index is 2.23. The Kier molecular flexibility index (Phi) is 2.98. The summed E-state index contributed by atoms with van der Waals surface area (Å²) in [5, 5.41) is 0. The van der Waals surface area contributed by atoms with Gasteiger partial charge in [0.25, 0.3) is 0 Å². The summed E-state index contributed by atoms with van der Waals surface area (Å²) in [7, 11) is 3.73. The first kappa shape index (κ1) is 12.2. The van der Waals surface area contributed by atoms with E-state index in [0.29, 0.717) is 12.4 Å².